The summed E-state index contributed by atoms with van der Waals surface area (Å²) in [6.45, 7) is 3.09. The lowest BCUT2D eigenvalue weighted by molar-refractivity contribution is 0.638. The van der Waals surface area contributed by atoms with Crippen LogP contribution in [0.25, 0.3) is 11.1 Å². The summed E-state index contributed by atoms with van der Waals surface area (Å²) in [5, 5.41) is 6.62. The van der Waals surface area contributed by atoms with Crippen LogP contribution in [0.2, 0.25) is 0 Å². The lowest BCUT2D eigenvalue weighted by Gasteiger charge is -2.12. The summed E-state index contributed by atoms with van der Waals surface area (Å²) in [6, 6.07) is 19.5. The van der Waals surface area contributed by atoms with Crippen molar-refractivity contribution in [1.82, 2.24) is 5.32 Å². The second-order valence-corrected chi connectivity index (χ2v) is 4.51. The number of hydrogen-bond acceptors (Lipinski definition) is 2. The van der Waals surface area contributed by atoms with Gasteiger partial charge in [-0.25, -0.2) is 0 Å². The van der Waals surface area contributed by atoms with Crippen LogP contribution in [-0.2, 0) is 0 Å². The summed E-state index contributed by atoms with van der Waals surface area (Å²) in [7, 11) is 1.98. The van der Waals surface area contributed by atoms with Crippen LogP contribution in [0, 0.1) is 0 Å². The van der Waals surface area contributed by atoms with E-state index >= 15 is 0 Å². The number of anilines is 1. The van der Waals surface area contributed by atoms with Gasteiger partial charge in [-0.3, -0.25) is 0 Å². The molecule has 0 fully saturated rings. The van der Waals surface area contributed by atoms with E-state index in [9.17, 15) is 0 Å². The molecule has 2 N–H and O–H groups in total. The molecule has 2 aromatic carbocycles. The summed E-state index contributed by atoms with van der Waals surface area (Å²) in [5.74, 6) is 0. The van der Waals surface area contributed by atoms with Crippen LogP contribution in [0.1, 0.15) is 6.92 Å². The first-order chi connectivity index (χ1) is 8.79. The minimum absolute atomic E-state index is 0.471. The minimum Gasteiger partial charge on any atom is -0.383 e. The molecule has 0 aliphatic carbocycles. The molecule has 2 heteroatoms. The Hall–Kier alpha value is -1.80. The molecule has 0 heterocycles. The van der Waals surface area contributed by atoms with Gasteiger partial charge in [-0.05, 0) is 37.2 Å². The molecule has 2 rings (SSSR count). The molecule has 2 nitrogen and oxygen atoms in total. The Bertz CT molecular complexity index is 462. The van der Waals surface area contributed by atoms with E-state index in [1.165, 1.54) is 11.1 Å². The smallest absolute Gasteiger partial charge is 0.0341 e. The molecule has 0 saturated heterocycles. The number of hydrogen-bond donors (Lipinski definition) is 2. The molecular weight excluding hydrogens is 220 g/mol. The number of likely N-dealkylation sites (N-methyl/N-ethyl adjacent to an activating group) is 1. The lowest BCUT2D eigenvalue weighted by atomic mass is 10.1. The van der Waals surface area contributed by atoms with Crippen molar-refractivity contribution < 1.29 is 0 Å². The van der Waals surface area contributed by atoms with E-state index in [1.807, 2.05) is 13.1 Å². The van der Waals surface area contributed by atoms with Crippen LogP contribution >= 0.6 is 0 Å². The number of rotatable bonds is 5. The zero-order chi connectivity index (χ0) is 12.8. The number of benzene rings is 2. The molecule has 0 aromatic heterocycles. The Kier molecular flexibility index (Phi) is 4.37. The van der Waals surface area contributed by atoms with Crippen molar-refractivity contribution in [3.63, 3.8) is 0 Å². The Morgan fingerprint density at radius 1 is 0.889 bits per heavy atom. The van der Waals surface area contributed by atoms with E-state index in [-0.39, 0.29) is 0 Å². The first-order valence-electron chi connectivity index (χ1n) is 6.36. The van der Waals surface area contributed by atoms with Gasteiger partial charge < -0.3 is 10.6 Å². The molecule has 0 amide bonds. The highest BCUT2D eigenvalue weighted by Crippen LogP contribution is 2.20. The molecule has 1 atom stereocenters. The van der Waals surface area contributed by atoms with Gasteiger partial charge in [-0.2, -0.15) is 0 Å². The second-order valence-electron chi connectivity index (χ2n) is 4.51. The van der Waals surface area contributed by atoms with Crippen molar-refractivity contribution in [3.05, 3.63) is 54.6 Å². The van der Waals surface area contributed by atoms with E-state index in [0.717, 1.165) is 12.2 Å². The van der Waals surface area contributed by atoms with Crippen LogP contribution < -0.4 is 10.6 Å². The minimum atomic E-state index is 0.471. The van der Waals surface area contributed by atoms with Crippen molar-refractivity contribution in [3.8, 4) is 11.1 Å². The summed E-state index contributed by atoms with van der Waals surface area (Å²) in [4.78, 5) is 0. The molecule has 0 bridgehead atoms. The second kappa shape index (κ2) is 6.22. The van der Waals surface area contributed by atoms with Crippen LogP contribution in [0.3, 0.4) is 0 Å². The molecule has 0 aliphatic rings. The third-order valence-corrected chi connectivity index (χ3v) is 3.10. The Labute approximate surface area is 109 Å². The molecule has 0 radical (unpaired) electrons. The van der Waals surface area contributed by atoms with Gasteiger partial charge in [0.15, 0.2) is 0 Å². The zero-order valence-corrected chi connectivity index (χ0v) is 11.0. The topological polar surface area (TPSA) is 24.1 Å². The molecule has 94 valence electrons. The zero-order valence-electron chi connectivity index (χ0n) is 11.0. The van der Waals surface area contributed by atoms with E-state index in [2.05, 4.69) is 66.1 Å². The molecular formula is C16H20N2. The fraction of sp³-hybridized carbons (Fsp3) is 0.250. The van der Waals surface area contributed by atoms with Gasteiger partial charge in [0.25, 0.3) is 0 Å². The van der Waals surface area contributed by atoms with E-state index in [0.29, 0.717) is 6.04 Å². The third kappa shape index (κ3) is 3.34. The van der Waals surface area contributed by atoms with Crippen LogP contribution in [0.5, 0.6) is 0 Å². The average molecular weight is 240 g/mol. The maximum Gasteiger partial charge on any atom is 0.0341 e. The van der Waals surface area contributed by atoms with Crippen LogP contribution in [0.4, 0.5) is 5.69 Å². The van der Waals surface area contributed by atoms with Gasteiger partial charge in [0.05, 0.1) is 0 Å². The molecule has 0 spiro atoms. The highest BCUT2D eigenvalue weighted by molar-refractivity contribution is 5.65. The van der Waals surface area contributed by atoms with Crippen molar-refractivity contribution in [2.75, 3.05) is 18.9 Å². The summed E-state index contributed by atoms with van der Waals surface area (Å²) in [5.41, 5.74) is 3.67. The first kappa shape index (κ1) is 12.7. The van der Waals surface area contributed by atoms with Crippen molar-refractivity contribution >= 4 is 5.69 Å². The molecule has 1 unspecified atom stereocenters. The maximum absolute atomic E-state index is 3.41. The normalized spacial score (nSPS) is 12.1. The van der Waals surface area contributed by atoms with E-state index in [1.54, 1.807) is 0 Å². The first-order valence-corrected chi connectivity index (χ1v) is 6.36. The summed E-state index contributed by atoms with van der Waals surface area (Å²) < 4.78 is 0. The third-order valence-electron chi connectivity index (χ3n) is 3.10. The lowest BCUT2D eigenvalue weighted by Crippen LogP contribution is -2.29. The standard InChI is InChI=1S/C16H20N2/c1-13(17-2)12-18-16-10-8-15(9-11-16)14-6-4-3-5-7-14/h3-11,13,17-18H,12H2,1-2H3. The number of nitrogens with one attached hydrogen (secondary N) is 2. The van der Waals surface area contributed by atoms with Crippen molar-refractivity contribution in [1.29, 1.82) is 0 Å². The average Bonchev–Trinajstić information content (AvgIpc) is 2.46. The Balaban J connectivity index is 2.02. The van der Waals surface area contributed by atoms with Crippen LogP contribution in [-0.4, -0.2) is 19.6 Å². The summed E-state index contributed by atoms with van der Waals surface area (Å²) in [6.07, 6.45) is 0. The van der Waals surface area contributed by atoms with Crippen LogP contribution in [0.15, 0.2) is 54.6 Å². The van der Waals surface area contributed by atoms with Gasteiger partial charge in [0.1, 0.15) is 0 Å². The predicted octanol–water partition coefficient (Wildman–Crippen LogP) is 3.37. The van der Waals surface area contributed by atoms with Crippen molar-refractivity contribution in [2.45, 2.75) is 13.0 Å². The molecule has 18 heavy (non-hydrogen) atoms. The van der Waals surface area contributed by atoms with Gasteiger partial charge in [-0.1, -0.05) is 42.5 Å². The largest absolute Gasteiger partial charge is 0.383 e. The highest BCUT2D eigenvalue weighted by Gasteiger charge is 1.99. The van der Waals surface area contributed by atoms with Gasteiger partial charge in [-0.15, -0.1) is 0 Å². The molecule has 2 aromatic rings. The van der Waals surface area contributed by atoms with Gasteiger partial charge in [0.2, 0.25) is 0 Å². The van der Waals surface area contributed by atoms with Gasteiger partial charge >= 0.3 is 0 Å². The quantitative estimate of drug-likeness (QED) is 0.837. The Morgan fingerprint density at radius 3 is 2.11 bits per heavy atom. The monoisotopic (exact) mass is 240 g/mol. The van der Waals surface area contributed by atoms with Crippen molar-refractivity contribution in [2.24, 2.45) is 0 Å². The SMILES string of the molecule is CNC(C)CNc1ccc(-c2ccccc2)cc1. The molecule has 0 saturated carbocycles. The summed E-state index contributed by atoms with van der Waals surface area (Å²) >= 11 is 0. The van der Waals surface area contributed by atoms with E-state index < -0.39 is 0 Å². The Morgan fingerprint density at radius 2 is 1.50 bits per heavy atom. The van der Waals surface area contributed by atoms with E-state index in [4.69, 9.17) is 0 Å². The molecule has 0 aliphatic heterocycles. The fourth-order valence-corrected chi connectivity index (χ4v) is 1.78. The highest BCUT2D eigenvalue weighted by atomic mass is 15.0. The van der Waals surface area contributed by atoms with Gasteiger partial charge in [0, 0.05) is 18.3 Å². The predicted molar refractivity (Wildman–Crippen MR) is 78.9 cm³/mol. The maximum atomic E-state index is 3.41. The fourth-order valence-electron chi connectivity index (χ4n) is 1.78.